The Hall–Kier alpha value is -1.85. The van der Waals surface area contributed by atoms with Crippen LogP contribution >= 0.6 is 0 Å². The maximum absolute atomic E-state index is 11.8. The number of aliphatic hydroxyl groups is 1. The Labute approximate surface area is 144 Å². The van der Waals surface area contributed by atoms with Crippen LogP contribution in [0.2, 0.25) is 0 Å². The molecular weight excluding hydrogens is 296 g/mol. The predicted molar refractivity (Wildman–Crippen MR) is 94.9 cm³/mol. The molecule has 0 heterocycles. The van der Waals surface area contributed by atoms with Gasteiger partial charge in [-0.15, -0.1) is 6.42 Å². The zero-order valence-corrected chi connectivity index (χ0v) is 14.4. The highest BCUT2D eigenvalue weighted by Crippen LogP contribution is 2.65. The molecule has 0 aromatic rings. The molecule has 4 aliphatic carbocycles. The summed E-state index contributed by atoms with van der Waals surface area (Å²) in [5.74, 6) is 3.46. The normalized spacial score (nSPS) is 46.4. The first-order valence-electron chi connectivity index (χ1n) is 8.79. The van der Waals surface area contributed by atoms with Gasteiger partial charge in [-0.1, -0.05) is 42.7 Å². The lowest BCUT2D eigenvalue weighted by atomic mass is 9.52. The number of hydrogen-bond acceptors (Lipinski definition) is 2. The van der Waals surface area contributed by atoms with Crippen molar-refractivity contribution in [3.63, 3.8) is 0 Å². The standard InChI is InChI=1S/C22H24O2/c1-5-22(24)14(2)12-19-17-7-6-15-13-16(23)8-10-20(15,3)18(17)9-11-21(19,22)4/h1,8-10,13,17,19,24H,2,6-7,11-12H2,3-4H3/t17-,19+,20+,21+,22+/m1/s1. The maximum Gasteiger partial charge on any atom is 0.178 e. The average molecular weight is 320 g/mol. The first-order valence-corrected chi connectivity index (χ1v) is 8.79. The second kappa shape index (κ2) is 4.61. The van der Waals surface area contributed by atoms with Crippen molar-refractivity contribution in [1.82, 2.24) is 0 Å². The Morgan fingerprint density at radius 2 is 2.17 bits per heavy atom. The number of rotatable bonds is 0. The molecule has 0 aliphatic heterocycles. The minimum Gasteiger partial charge on any atom is -0.373 e. The third-order valence-electron chi connectivity index (χ3n) is 7.35. The van der Waals surface area contributed by atoms with Crippen LogP contribution in [0.4, 0.5) is 0 Å². The van der Waals surface area contributed by atoms with Gasteiger partial charge < -0.3 is 5.11 Å². The summed E-state index contributed by atoms with van der Waals surface area (Å²) in [6.45, 7) is 8.45. The van der Waals surface area contributed by atoms with Crippen LogP contribution in [-0.2, 0) is 4.79 Å². The van der Waals surface area contributed by atoms with Crippen LogP contribution in [0, 0.1) is 35.0 Å². The van der Waals surface area contributed by atoms with Crippen molar-refractivity contribution in [1.29, 1.82) is 0 Å². The van der Waals surface area contributed by atoms with E-state index in [9.17, 15) is 9.90 Å². The van der Waals surface area contributed by atoms with E-state index in [0.717, 1.165) is 31.3 Å². The van der Waals surface area contributed by atoms with Crippen LogP contribution < -0.4 is 0 Å². The van der Waals surface area contributed by atoms with Gasteiger partial charge in [-0.3, -0.25) is 4.79 Å². The summed E-state index contributed by atoms with van der Waals surface area (Å²) in [6.07, 6.45) is 17.1. The van der Waals surface area contributed by atoms with E-state index in [1.54, 1.807) is 6.08 Å². The largest absolute Gasteiger partial charge is 0.373 e. The molecule has 4 aliphatic rings. The molecule has 0 amide bonds. The molecule has 0 aromatic heterocycles. The summed E-state index contributed by atoms with van der Waals surface area (Å²) in [4.78, 5) is 11.8. The third kappa shape index (κ3) is 1.64. The van der Waals surface area contributed by atoms with Gasteiger partial charge in [0, 0.05) is 10.8 Å². The van der Waals surface area contributed by atoms with E-state index < -0.39 is 5.60 Å². The third-order valence-corrected chi connectivity index (χ3v) is 7.35. The number of allylic oxidation sites excluding steroid dienone is 6. The molecule has 124 valence electrons. The minimum absolute atomic E-state index is 0.0955. The number of fused-ring (bicyclic) bond motifs is 5. The van der Waals surface area contributed by atoms with Gasteiger partial charge in [0.15, 0.2) is 11.4 Å². The van der Waals surface area contributed by atoms with Crippen molar-refractivity contribution in [2.45, 2.75) is 45.1 Å². The topological polar surface area (TPSA) is 37.3 Å². The number of carbonyl (C=O) groups excluding carboxylic acids is 1. The first kappa shape index (κ1) is 15.7. The molecule has 0 aromatic carbocycles. The number of terminal acetylenes is 1. The lowest BCUT2D eigenvalue weighted by Gasteiger charge is -2.52. The molecule has 5 atom stereocenters. The van der Waals surface area contributed by atoms with E-state index in [1.165, 1.54) is 11.1 Å². The lowest BCUT2D eigenvalue weighted by molar-refractivity contribution is -0.110. The van der Waals surface area contributed by atoms with Gasteiger partial charge in [-0.2, -0.15) is 0 Å². The molecule has 1 N–H and O–H groups in total. The molecule has 2 saturated carbocycles. The maximum atomic E-state index is 11.8. The monoisotopic (exact) mass is 320 g/mol. The van der Waals surface area contributed by atoms with Crippen LogP contribution in [-0.4, -0.2) is 16.5 Å². The lowest BCUT2D eigenvalue weighted by Crippen LogP contribution is -2.50. The fourth-order valence-corrected chi connectivity index (χ4v) is 5.76. The van der Waals surface area contributed by atoms with Crippen molar-refractivity contribution in [3.05, 3.63) is 47.6 Å². The van der Waals surface area contributed by atoms with Gasteiger partial charge in [0.05, 0.1) is 0 Å². The summed E-state index contributed by atoms with van der Waals surface area (Å²) < 4.78 is 0. The Morgan fingerprint density at radius 1 is 1.42 bits per heavy atom. The van der Waals surface area contributed by atoms with Gasteiger partial charge in [0.25, 0.3) is 0 Å². The van der Waals surface area contributed by atoms with Gasteiger partial charge in [-0.05, 0) is 62.2 Å². The molecular formula is C22H24O2. The van der Waals surface area contributed by atoms with Crippen LogP contribution in [0.15, 0.2) is 47.6 Å². The molecule has 2 fully saturated rings. The smallest absolute Gasteiger partial charge is 0.178 e. The SMILES string of the molecule is C#C[C@]1(O)C(=C)C[C@H]2[C@@H]3CCC4=CC(=O)C=C[C@]4(C)C3=CC[C@@]21C. The summed E-state index contributed by atoms with van der Waals surface area (Å²) in [5.41, 5.74) is 1.70. The summed E-state index contributed by atoms with van der Waals surface area (Å²) >= 11 is 0. The molecule has 24 heavy (non-hydrogen) atoms. The summed E-state index contributed by atoms with van der Waals surface area (Å²) in [5, 5.41) is 11.1. The second-order valence-electron chi connectivity index (χ2n) is 8.30. The van der Waals surface area contributed by atoms with E-state index >= 15 is 0 Å². The first-order chi connectivity index (χ1) is 11.3. The molecule has 4 rings (SSSR count). The van der Waals surface area contributed by atoms with Crippen molar-refractivity contribution in [2.75, 3.05) is 0 Å². The Balaban J connectivity index is 1.82. The van der Waals surface area contributed by atoms with Crippen LogP contribution in [0.1, 0.15) is 39.5 Å². The van der Waals surface area contributed by atoms with E-state index in [1.807, 2.05) is 6.08 Å². The number of ketones is 1. The molecule has 2 heteroatoms. The fraction of sp³-hybridized carbons (Fsp3) is 0.500. The van der Waals surface area contributed by atoms with E-state index in [2.05, 4.69) is 38.5 Å². The van der Waals surface area contributed by atoms with Gasteiger partial charge >= 0.3 is 0 Å². The summed E-state index contributed by atoms with van der Waals surface area (Å²) in [7, 11) is 0. The Morgan fingerprint density at radius 3 is 2.88 bits per heavy atom. The van der Waals surface area contributed by atoms with Crippen molar-refractivity contribution in [3.8, 4) is 12.3 Å². The zero-order chi connectivity index (χ0) is 17.3. The molecule has 0 radical (unpaired) electrons. The van der Waals surface area contributed by atoms with Gasteiger partial charge in [0.2, 0.25) is 0 Å². The Kier molecular flexibility index (Phi) is 3.01. The van der Waals surface area contributed by atoms with Crippen molar-refractivity contribution >= 4 is 5.78 Å². The quantitative estimate of drug-likeness (QED) is 0.545. The molecule has 2 nitrogen and oxygen atoms in total. The summed E-state index contributed by atoms with van der Waals surface area (Å²) in [6, 6.07) is 0. The van der Waals surface area contributed by atoms with Crippen molar-refractivity contribution in [2.24, 2.45) is 22.7 Å². The average Bonchev–Trinajstić information content (AvgIpc) is 2.76. The minimum atomic E-state index is -1.21. The highest BCUT2D eigenvalue weighted by Gasteiger charge is 2.62. The van der Waals surface area contributed by atoms with E-state index in [0.29, 0.717) is 11.8 Å². The molecule has 0 saturated heterocycles. The fourth-order valence-electron chi connectivity index (χ4n) is 5.76. The van der Waals surface area contributed by atoms with Gasteiger partial charge in [0.1, 0.15) is 0 Å². The number of carbonyl (C=O) groups is 1. The van der Waals surface area contributed by atoms with Crippen molar-refractivity contribution < 1.29 is 9.90 Å². The molecule has 0 bridgehead atoms. The Bertz CT molecular complexity index is 789. The highest BCUT2D eigenvalue weighted by molar-refractivity contribution is 6.01. The van der Waals surface area contributed by atoms with Gasteiger partial charge in [-0.25, -0.2) is 0 Å². The molecule has 0 spiro atoms. The molecule has 0 unspecified atom stereocenters. The van der Waals surface area contributed by atoms with E-state index in [-0.39, 0.29) is 16.6 Å². The van der Waals surface area contributed by atoms with Crippen LogP contribution in [0.5, 0.6) is 0 Å². The zero-order valence-electron chi connectivity index (χ0n) is 14.4. The van der Waals surface area contributed by atoms with Crippen LogP contribution in [0.3, 0.4) is 0 Å². The predicted octanol–water partition coefficient (Wildman–Crippen LogP) is 3.74. The van der Waals surface area contributed by atoms with Crippen LogP contribution in [0.25, 0.3) is 0 Å². The highest BCUT2D eigenvalue weighted by atomic mass is 16.3. The number of hydrogen-bond donors (Lipinski definition) is 1. The second-order valence-corrected chi connectivity index (χ2v) is 8.30. The van der Waals surface area contributed by atoms with E-state index in [4.69, 9.17) is 6.42 Å².